The average Bonchev–Trinajstić information content (AvgIpc) is 3.11. The molecule has 0 amide bonds. The summed E-state index contributed by atoms with van der Waals surface area (Å²) in [4.78, 5) is 9.81. The maximum atomic E-state index is 13.5. The predicted octanol–water partition coefficient (Wildman–Crippen LogP) is 8.18. The van der Waals surface area contributed by atoms with Crippen molar-refractivity contribution in [1.29, 1.82) is 0 Å². The van der Waals surface area contributed by atoms with Crippen molar-refractivity contribution in [3.8, 4) is 0 Å². The summed E-state index contributed by atoms with van der Waals surface area (Å²) in [5.41, 5.74) is 3.75. The Labute approximate surface area is 277 Å². The molecule has 6 nitrogen and oxygen atoms in total. The van der Waals surface area contributed by atoms with E-state index in [0.29, 0.717) is 5.92 Å². The average molecular weight is 657 g/mol. The number of aryl methyl sites for hydroxylation is 2. The molecule has 7 atom stereocenters. The van der Waals surface area contributed by atoms with Gasteiger partial charge in [0.25, 0.3) is 0 Å². The molecule has 0 radical (unpaired) electrons. The molecule has 1 aromatic heterocycles. The van der Waals surface area contributed by atoms with Crippen LogP contribution < -0.4 is 0 Å². The van der Waals surface area contributed by atoms with E-state index in [9.17, 15) is 18.3 Å². The maximum Gasteiger partial charge on any atom is 0.485 e. The normalized spacial score (nSPS) is 29.1. The van der Waals surface area contributed by atoms with Gasteiger partial charge >= 0.3 is 6.29 Å². The molecule has 1 aromatic carbocycles. The molecule has 47 heavy (non-hydrogen) atoms. The molecule has 2 heterocycles. The molecule has 0 spiro atoms. The third-order valence-electron chi connectivity index (χ3n) is 10.9. The predicted molar refractivity (Wildman–Crippen MR) is 175 cm³/mol. The van der Waals surface area contributed by atoms with E-state index in [-0.39, 0.29) is 67.9 Å². The summed E-state index contributed by atoms with van der Waals surface area (Å²) in [6.07, 6.45) is 14.8. The first-order valence-electron chi connectivity index (χ1n) is 17.4. The maximum absolute atomic E-state index is 13.5. The van der Waals surface area contributed by atoms with Gasteiger partial charge in [-0.1, -0.05) is 49.4 Å². The fraction of sp³-hybridized carbons (Fsp3) is 0.632. The Bertz CT molecular complexity index is 1260. The van der Waals surface area contributed by atoms with Crippen molar-refractivity contribution in [2.45, 2.75) is 82.8 Å². The van der Waals surface area contributed by atoms with Crippen LogP contribution in [0.1, 0.15) is 86.2 Å². The molecule has 9 heteroatoms. The van der Waals surface area contributed by atoms with Crippen LogP contribution in [-0.4, -0.2) is 54.7 Å². The minimum Gasteiger partial charge on any atom is -0.396 e. The quantitative estimate of drug-likeness (QED) is 0.207. The molecule has 1 aliphatic heterocycles. The number of allylic oxidation sites excluding steroid dienone is 2. The first-order chi connectivity index (χ1) is 22.8. The summed E-state index contributed by atoms with van der Waals surface area (Å²) in [7, 11) is 0. The van der Waals surface area contributed by atoms with Crippen molar-refractivity contribution in [2.24, 2.45) is 35.5 Å². The van der Waals surface area contributed by atoms with Crippen LogP contribution in [0.2, 0.25) is 0 Å². The first-order valence-corrected chi connectivity index (χ1v) is 17.4. The zero-order chi connectivity index (χ0) is 33.2. The van der Waals surface area contributed by atoms with Crippen molar-refractivity contribution in [3.63, 3.8) is 0 Å². The number of nitrogens with zero attached hydrogens (tertiary/aromatic N) is 2. The van der Waals surface area contributed by atoms with Gasteiger partial charge in [-0.05, 0) is 104 Å². The van der Waals surface area contributed by atoms with E-state index in [1.807, 2.05) is 24.5 Å². The van der Waals surface area contributed by atoms with Crippen LogP contribution in [0.5, 0.6) is 0 Å². The fourth-order valence-electron chi connectivity index (χ4n) is 8.15. The van der Waals surface area contributed by atoms with Crippen molar-refractivity contribution < 1.29 is 32.5 Å². The lowest BCUT2D eigenvalue weighted by molar-refractivity contribution is -0.417. The van der Waals surface area contributed by atoms with Crippen LogP contribution in [-0.2, 0) is 27.1 Å². The van der Waals surface area contributed by atoms with E-state index >= 15 is 0 Å². The number of hydrogen-bond acceptors (Lipinski definition) is 6. The molecule has 2 aromatic rings. The molecule has 258 valence electrons. The summed E-state index contributed by atoms with van der Waals surface area (Å²) in [6.45, 7) is 5.10. The Hall–Kier alpha value is -2.59. The van der Waals surface area contributed by atoms with Crippen LogP contribution in [0.4, 0.5) is 13.2 Å². The van der Waals surface area contributed by atoms with Crippen molar-refractivity contribution in [3.05, 3.63) is 84.0 Å². The third-order valence-corrected chi connectivity index (χ3v) is 10.9. The van der Waals surface area contributed by atoms with Gasteiger partial charge in [0.2, 0.25) is 0 Å². The summed E-state index contributed by atoms with van der Waals surface area (Å²) in [6, 6.07) is 9.01. The molecule has 1 N–H and O–H groups in total. The van der Waals surface area contributed by atoms with Gasteiger partial charge in [0.15, 0.2) is 6.86 Å². The van der Waals surface area contributed by atoms with E-state index in [4.69, 9.17) is 14.7 Å². The second-order valence-corrected chi connectivity index (χ2v) is 13.7. The molecule has 3 aliphatic rings. The van der Waals surface area contributed by atoms with E-state index in [0.717, 1.165) is 69.2 Å². The largest absolute Gasteiger partial charge is 0.485 e. The van der Waals surface area contributed by atoms with E-state index in [1.165, 1.54) is 11.1 Å². The van der Waals surface area contributed by atoms with Gasteiger partial charge < -0.3 is 9.84 Å². The van der Waals surface area contributed by atoms with Gasteiger partial charge in [-0.15, -0.1) is 15.4 Å². The SMILES string of the molecule is C=CCCc1cnc(C2CCC(C(CO)COCF)CC2C2CC(c3ccc(CC)cc3)CCC2/C=C/C2COC(F)(F)OC2)nc1. The second kappa shape index (κ2) is 17.2. The highest BCUT2D eigenvalue weighted by Gasteiger charge is 2.44. The summed E-state index contributed by atoms with van der Waals surface area (Å²) < 4.78 is 54.5. The highest BCUT2D eigenvalue weighted by atomic mass is 19.3. The molecule has 2 saturated carbocycles. The van der Waals surface area contributed by atoms with Crippen LogP contribution in [0.15, 0.2) is 61.5 Å². The Kier molecular flexibility index (Phi) is 13.1. The lowest BCUT2D eigenvalue weighted by atomic mass is 9.58. The number of ether oxygens (including phenoxy) is 3. The van der Waals surface area contributed by atoms with E-state index in [2.05, 4.69) is 53.3 Å². The number of alkyl halides is 3. The van der Waals surface area contributed by atoms with Crippen molar-refractivity contribution >= 4 is 0 Å². The van der Waals surface area contributed by atoms with Crippen molar-refractivity contribution in [2.75, 3.05) is 33.3 Å². The topological polar surface area (TPSA) is 73.7 Å². The Morgan fingerprint density at radius 2 is 1.74 bits per heavy atom. The zero-order valence-electron chi connectivity index (χ0n) is 27.6. The summed E-state index contributed by atoms with van der Waals surface area (Å²) >= 11 is 0. The number of halogens is 3. The first kappa shape index (κ1) is 35.7. The molecule has 7 unspecified atom stereocenters. The number of aliphatic hydroxyl groups excluding tert-OH is 1. The molecule has 2 aliphatic carbocycles. The number of aromatic nitrogens is 2. The van der Waals surface area contributed by atoms with Crippen LogP contribution in [0.3, 0.4) is 0 Å². The van der Waals surface area contributed by atoms with Gasteiger partial charge in [-0.25, -0.2) is 14.4 Å². The minimum atomic E-state index is -3.53. The standard InChI is InChI=1S/C38H51F3N2O4/c1-3-5-6-27-19-42-37(43-20-27)34-16-15-32(33(21-44)24-45-25-39)18-36(34)35-17-31(29-10-7-26(4-2)8-11-29)14-13-30(35)12-9-28-22-46-38(40,41)47-23-28/h3,7-12,19-20,28,30-36,44H,1,4-6,13-18,21-25H2,2H3/b12-9+. The van der Waals surface area contributed by atoms with Gasteiger partial charge in [0.1, 0.15) is 5.82 Å². The number of benzene rings is 1. The molecular formula is C38H51F3N2O4. The van der Waals surface area contributed by atoms with Crippen LogP contribution >= 0.6 is 0 Å². The highest BCUT2D eigenvalue weighted by Crippen LogP contribution is 2.53. The number of rotatable bonds is 14. The third kappa shape index (κ3) is 9.52. The summed E-state index contributed by atoms with van der Waals surface area (Å²) in [5.74, 6) is 1.85. The molecular weight excluding hydrogens is 605 g/mol. The van der Waals surface area contributed by atoms with Crippen molar-refractivity contribution in [1.82, 2.24) is 9.97 Å². The van der Waals surface area contributed by atoms with Gasteiger partial charge in [0, 0.05) is 36.8 Å². The molecule has 0 bridgehead atoms. The van der Waals surface area contributed by atoms with Gasteiger partial charge in [-0.3, -0.25) is 9.47 Å². The number of aliphatic hydroxyl groups is 1. The fourth-order valence-corrected chi connectivity index (χ4v) is 8.15. The van der Waals surface area contributed by atoms with Gasteiger partial charge in [-0.2, -0.15) is 0 Å². The Morgan fingerprint density at radius 3 is 2.40 bits per heavy atom. The van der Waals surface area contributed by atoms with Crippen LogP contribution in [0, 0.1) is 35.5 Å². The smallest absolute Gasteiger partial charge is 0.396 e. The Morgan fingerprint density at radius 1 is 1.00 bits per heavy atom. The number of hydrogen-bond donors (Lipinski definition) is 1. The van der Waals surface area contributed by atoms with Gasteiger partial charge in [0.05, 0.1) is 19.8 Å². The molecule has 5 rings (SSSR count). The summed E-state index contributed by atoms with van der Waals surface area (Å²) in [5, 5.41) is 10.3. The second-order valence-electron chi connectivity index (χ2n) is 13.7. The van der Waals surface area contributed by atoms with E-state index < -0.39 is 13.2 Å². The highest BCUT2D eigenvalue weighted by molar-refractivity contribution is 5.26. The Balaban J connectivity index is 1.46. The molecule has 1 saturated heterocycles. The van der Waals surface area contributed by atoms with Crippen LogP contribution in [0.25, 0.3) is 0 Å². The molecule has 3 fully saturated rings. The lowest BCUT2D eigenvalue weighted by Crippen LogP contribution is -2.39. The minimum absolute atomic E-state index is 0.0523. The zero-order valence-corrected chi connectivity index (χ0v) is 27.6. The monoisotopic (exact) mass is 656 g/mol. The lowest BCUT2D eigenvalue weighted by Gasteiger charge is -2.47. The van der Waals surface area contributed by atoms with E-state index in [1.54, 1.807) is 0 Å².